The highest BCUT2D eigenvalue weighted by Crippen LogP contribution is 2.15. The zero-order valence-corrected chi connectivity index (χ0v) is 31.1. The van der Waals surface area contributed by atoms with Gasteiger partial charge in [-0.1, -0.05) is 48.6 Å². The second kappa shape index (κ2) is 19.9. The highest BCUT2D eigenvalue weighted by atomic mass is 16.4. The first kappa shape index (κ1) is 40.2. The van der Waals surface area contributed by atoms with Crippen LogP contribution in [-0.4, -0.2) is 120 Å². The number of amides is 4. The van der Waals surface area contributed by atoms with Gasteiger partial charge in [-0.3, -0.25) is 19.2 Å². The van der Waals surface area contributed by atoms with Gasteiger partial charge in [0.1, 0.15) is 12.1 Å². The maximum Gasteiger partial charge on any atom is 0.326 e. The minimum Gasteiger partial charge on any atom is -0.480 e. The highest BCUT2D eigenvalue weighted by molar-refractivity contribution is 5.95. The first-order chi connectivity index (χ1) is 28.2. The van der Waals surface area contributed by atoms with Gasteiger partial charge in [0, 0.05) is 13.1 Å². The van der Waals surface area contributed by atoms with Crippen LogP contribution < -0.4 is 21.3 Å². The van der Waals surface area contributed by atoms with E-state index in [0.717, 1.165) is 23.3 Å². The zero-order chi connectivity index (χ0) is 40.7. The summed E-state index contributed by atoms with van der Waals surface area (Å²) in [7, 11) is 0. The second-order valence-corrected chi connectivity index (χ2v) is 12.9. The molecule has 0 radical (unpaired) electrons. The summed E-state index contributed by atoms with van der Waals surface area (Å²) in [6, 6.07) is 15.2. The summed E-state index contributed by atoms with van der Waals surface area (Å²) in [6.45, 7) is 0.388. The van der Waals surface area contributed by atoms with E-state index in [0.29, 0.717) is 37.1 Å². The first-order valence-corrected chi connectivity index (χ1v) is 18.5. The van der Waals surface area contributed by atoms with Crippen LogP contribution in [0.15, 0.2) is 78.9 Å². The minimum absolute atomic E-state index is 0.0373. The molecule has 22 nitrogen and oxygen atoms in total. The number of hydrogen-bond donors (Lipinski definition) is 5. The Morgan fingerprint density at radius 3 is 1.64 bits per heavy atom. The van der Waals surface area contributed by atoms with E-state index < -0.39 is 41.7 Å². The number of nitrogens with one attached hydrogen (secondary N) is 4. The van der Waals surface area contributed by atoms with Crippen molar-refractivity contribution < 1.29 is 29.1 Å². The second-order valence-electron chi connectivity index (χ2n) is 12.9. The van der Waals surface area contributed by atoms with E-state index in [-0.39, 0.29) is 43.4 Å². The molecule has 300 valence electrons. The number of aliphatic carboxylic acids is 1. The Kier molecular flexibility index (Phi) is 13.8. The Hall–Kier alpha value is -7.52. The van der Waals surface area contributed by atoms with Crippen LogP contribution in [0.4, 0.5) is 0 Å². The lowest BCUT2D eigenvalue weighted by atomic mass is 10.1. The molecular formula is C36H40N16O6. The van der Waals surface area contributed by atoms with Crippen molar-refractivity contribution in [3.8, 4) is 11.4 Å². The van der Waals surface area contributed by atoms with Gasteiger partial charge in [0.05, 0.1) is 17.1 Å². The number of carboxylic acids is 1. The van der Waals surface area contributed by atoms with Gasteiger partial charge < -0.3 is 26.4 Å². The van der Waals surface area contributed by atoms with Gasteiger partial charge in [-0.15, -0.1) is 45.0 Å². The van der Waals surface area contributed by atoms with Crippen molar-refractivity contribution in [2.45, 2.75) is 63.5 Å². The average Bonchev–Trinajstić information content (AvgIpc) is 4.06. The summed E-state index contributed by atoms with van der Waals surface area (Å²) in [5.41, 5.74) is 2.00. The number of carbonyl (C=O) groups is 5. The van der Waals surface area contributed by atoms with Crippen molar-refractivity contribution in [1.29, 1.82) is 0 Å². The van der Waals surface area contributed by atoms with Crippen molar-refractivity contribution in [1.82, 2.24) is 81.9 Å². The lowest BCUT2D eigenvalue weighted by Crippen LogP contribution is -2.51. The molecule has 5 aromatic rings. The molecular weight excluding hydrogens is 753 g/mol. The van der Waals surface area contributed by atoms with E-state index in [9.17, 15) is 29.1 Å². The number of allylic oxidation sites excluding steroid dienone is 4. The fraction of sp³-hybridized carbons (Fsp3) is 0.333. The zero-order valence-electron chi connectivity index (χ0n) is 31.1. The molecule has 0 aliphatic heterocycles. The number of carboxylic acid groups (broad SMARTS) is 1. The van der Waals surface area contributed by atoms with Crippen LogP contribution >= 0.6 is 0 Å². The van der Waals surface area contributed by atoms with Crippen LogP contribution in [0.1, 0.15) is 83.2 Å². The molecule has 0 saturated carbocycles. The number of carbonyl (C=O) groups excluding carboxylic acids is 4. The van der Waals surface area contributed by atoms with Crippen LogP contribution in [-0.2, 0) is 9.59 Å². The molecule has 0 saturated heterocycles. The predicted octanol–water partition coefficient (Wildman–Crippen LogP) is 0.684. The molecule has 5 N–H and O–H groups in total. The number of rotatable bonds is 20. The number of nitrogens with zero attached hydrogens (tertiary/aromatic N) is 12. The Labute approximate surface area is 330 Å². The molecule has 2 atom stereocenters. The topological polar surface area (TPSA) is 284 Å². The van der Waals surface area contributed by atoms with E-state index in [1.165, 1.54) is 9.59 Å². The number of benzene rings is 2. The van der Waals surface area contributed by atoms with Crippen molar-refractivity contribution >= 4 is 35.3 Å². The van der Waals surface area contributed by atoms with Crippen molar-refractivity contribution in [2.24, 2.45) is 0 Å². The summed E-state index contributed by atoms with van der Waals surface area (Å²) in [4.78, 5) is 67.9. The average molecular weight is 793 g/mol. The number of aromatic nitrogens is 12. The van der Waals surface area contributed by atoms with Gasteiger partial charge in [-0.25, -0.2) is 4.79 Å². The van der Waals surface area contributed by atoms with Crippen LogP contribution in [0.5, 0.6) is 0 Å². The van der Waals surface area contributed by atoms with Crippen molar-refractivity contribution in [3.63, 3.8) is 0 Å². The summed E-state index contributed by atoms with van der Waals surface area (Å²) in [5.74, 6) is -4.41. The SMILES string of the molecule is O=C(NCCCC[C@H](NC(=O)[C@H](CCCCNC(=O)c1nnn(-c2ccccc2)n1)NC(=O)c1nnn(-c2ccccc2)n1)C(=O)O)c1nnn(C2=CC=CCC2)n1. The molecule has 0 fully saturated rings. The van der Waals surface area contributed by atoms with Gasteiger partial charge in [0.25, 0.3) is 35.2 Å². The maximum atomic E-state index is 13.5. The molecule has 6 rings (SSSR count). The number of hydrogen-bond acceptors (Lipinski definition) is 14. The van der Waals surface area contributed by atoms with E-state index >= 15 is 0 Å². The van der Waals surface area contributed by atoms with Gasteiger partial charge in [-0.05, 0) is 97.3 Å². The van der Waals surface area contributed by atoms with Gasteiger partial charge in [0.15, 0.2) is 0 Å². The van der Waals surface area contributed by atoms with Crippen LogP contribution in [0.25, 0.3) is 17.1 Å². The predicted molar refractivity (Wildman–Crippen MR) is 202 cm³/mol. The summed E-state index contributed by atoms with van der Waals surface area (Å²) in [5, 5.41) is 56.0. The number of tetrazole rings is 3. The third-order valence-corrected chi connectivity index (χ3v) is 8.72. The first-order valence-electron chi connectivity index (χ1n) is 18.5. The molecule has 3 aromatic heterocycles. The Morgan fingerprint density at radius 2 is 1.12 bits per heavy atom. The standard InChI is InChI=1S/C36H40N16O6/c53-32(40-28(36(57)58)21-11-13-23-38-34(55)30-42-48-51(45-30)25-16-6-2-7-17-25)27(39-35(56)31-43-49-52(46-31)26-18-8-3-9-19-26)20-10-12-22-37-33(54)29-41-47-50(44-29)24-14-4-1-5-15-24/h1-6,8-9,14-16,18-19,27-28H,7,10-13,17,20-23H2,(H,37,54)(H,38,55)(H,39,56)(H,40,53)(H,57,58)/t27-,28-/m0/s1. The van der Waals surface area contributed by atoms with E-state index in [4.69, 9.17) is 0 Å². The van der Waals surface area contributed by atoms with E-state index in [1.54, 1.807) is 54.6 Å². The molecule has 58 heavy (non-hydrogen) atoms. The number of unbranched alkanes of at least 4 members (excludes halogenated alkanes) is 2. The van der Waals surface area contributed by atoms with Crippen molar-refractivity contribution in [3.05, 3.63) is 96.4 Å². The largest absolute Gasteiger partial charge is 0.480 e. The highest BCUT2D eigenvalue weighted by Gasteiger charge is 2.28. The molecule has 4 amide bonds. The monoisotopic (exact) mass is 792 g/mol. The molecule has 3 heterocycles. The summed E-state index contributed by atoms with van der Waals surface area (Å²) in [6.07, 6.45) is 8.85. The molecule has 0 bridgehead atoms. The van der Waals surface area contributed by atoms with Gasteiger partial charge in [-0.2, -0.15) is 0 Å². The van der Waals surface area contributed by atoms with E-state index in [2.05, 4.69) is 67.5 Å². The lowest BCUT2D eigenvalue weighted by molar-refractivity contribution is -0.142. The van der Waals surface area contributed by atoms with E-state index in [1.807, 2.05) is 24.3 Å². The van der Waals surface area contributed by atoms with Crippen molar-refractivity contribution in [2.75, 3.05) is 13.1 Å². The molecule has 1 aliphatic carbocycles. The van der Waals surface area contributed by atoms with Crippen LogP contribution in [0.3, 0.4) is 0 Å². The molecule has 2 aromatic carbocycles. The fourth-order valence-corrected chi connectivity index (χ4v) is 5.67. The molecule has 22 heteroatoms. The quantitative estimate of drug-likeness (QED) is 0.0678. The molecule has 1 aliphatic rings. The Morgan fingerprint density at radius 1 is 0.621 bits per heavy atom. The van der Waals surface area contributed by atoms with Crippen LogP contribution in [0, 0.1) is 0 Å². The maximum absolute atomic E-state index is 13.5. The summed E-state index contributed by atoms with van der Waals surface area (Å²) >= 11 is 0. The fourth-order valence-electron chi connectivity index (χ4n) is 5.67. The Bertz CT molecular complexity index is 2250. The summed E-state index contributed by atoms with van der Waals surface area (Å²) < 4.78 is 0. The third-order valence-electron chi connectivity index (χ3n) is 8.72. The molecule has 0 spiro atoms. The normalized spacial score (nSPS) is 13.2. The smallest absolute Gasteiger partial charge is 0.326 e. The van der Waals surface area contributed by atoms with Crippen LogP contribution in [0.2, 0.25) is 0 Å². The van der Waals surface area contributed by atoms with Gasteiger partial charge in [0.2, 0.25) is 5.91 Å². The minimum atomic E-state index is -1.30. The third kappa shape index (κ3) is 11.0. The Balaban J connectivity index is 1.00. The number of para-hydroxylation sites is 2. The molecule has 0 unspecified atom stereocenters. The van der Waals surface area contributed by atoms with Gasteiger partial charge >= 0.3 is 5.97 Å². The lowest BCUT2D eigenvalue weighted by Gasteiger charge is -2.21.